The summed E-state index contributed by atoms with van der Waals surface area (Å²) >= 11 is 0. The van der Waals surface area contributed by atoms with Crippen LogP contribution in [0.3, 0.4) is 0 Å². The van der Waals surface area contributed by atoms with Crippen molar-refractivity contribution < 1.29 is 14.3 Å². The Kier molecular flexibility index (Phi) is 2.37. The monoisotopic (exact) mass is 261 g/mol. The number of hydrogen-bond acceptors (Lipinski definition) is 3. The molecule has 0 bridgehead atoms. The first-order valence-electron chi connectivity index (χ1n) is 6.60. The van der Waals surface area contributed by atoms with Gasteiger partial charge >= 0.3 is 0 Å². The number of amides is 1. The molecule has 0 atom stereocenters. The second-order valence-electron chi connectivity index (χ2n) is 6.56. The molecule has 0 spiro atoms. The van der Waals surface area contributed by atoms with Crippen LogP contribution in [0.5, 0.6) is 11.5 Å². The van der Waals surface area contributed by atoms with E-state index in [0.717, 1.165) is 17.7 Å². The van der Waals surface area contributed by atoms with Crippen molar-refractivity contribution in [3.05, 3.63) is 17.7 Å². The van der Waals surface area contributed by atoms with Crippen LogP contribution in [0.25, 0.3) is 0 Å². The van der Waals surface area contributed by atoms with E-state index in [0.29, 0.717) is 17.9 Å². The number of fused-ring (bicyclic) bond motifs is 3. The molecule has 19 heavy (non-hydrogen) atoms. The number of nitrogens with one attached hydrogen (secondary N) is 1. The van der Waals surface area contributed by atoms with Gasteiger partial charge in [-0.25, -0.2) is 0 Å². The van der Waals surface area contributed by atoms with Crippen molar-refractivity contribution in [2.45, 2.75) is 51.7 Å². The van der Waals surface area contributed by atoms with Crippen molar-refractivity contribution in [2.75, 3.05) is 5.32 Å². The molecule has 102 valence electrons. The van der Waals surface area contributed by atoms with E-state index in [9.17, 15) is 4.79 Å². The highest BCUT2D eigenvalue weighted by atomic mass is 16.5. The zero-order chi connectivity index (χ0) is 13.8. The second-order valence-corrected chi connectivity index (χ2v) is 6.56. The largest absolute Gasteiger partial charge is 0.483 e. The van der Waals surface area contributed by atoms with Crippen LogP contribution < -0.4 is 14.8 Å². The van der Waals surface area contributed by atoms with Gasteiger partial charge in [0.1, 0.15) is 11.2 Å². The maximum Gasteiger partial charge on any atom is 0.228 e. The van der Waals surface area contributed by atoms with Gasteiger partial charge in [-0.05, 0) is 33.8 Å². The fourth-order valence-corrected chi connectivity index (χ4v) is 2.72. The van der Waals surface area contributed by atoms with Crippen LogP contribution in [0.4, 0.5) is 5.69 Å². The van der Waals surface area contributed by atoms with Crippen LogP contribution in [-0.2, 0) is 11.2 Å². The molecule has 2 heterocycles. The van der Waals surface area contributed by atoms with Gasteiger partial charge in [0.25, 0.3) is 0 Å². The SMILES string of the molecule is CC1(C)Cc2ccc3c(c2O1)OC(C)(C)CC(=O)N3. The molecule has 0 saturated heterocycles. The third kappa shape index (κ3) is 2.15. The minimum absolute atomic E-state index is 0.0269. The zero-order valence-corrected chi connectivity index (χ0v) is 11.8. The summed E-state index contributed by atoms with van der Waals surface area (Å²) in [6.45, 7) is 7.95. The smallest absolute Gasteiger partial charge is 0.228 e. The molecule has 3 rings (SSSR count). The van der Waals surface area contributed by atoms with Crippen LogP contribution in [0.1, 0.15) is 39.7 Å². The van der Waals surface area contributed by atoms with Gasteiger partial charge in [0, 0.05) is 12.0 Å². The van der Waals surface area contributed by atoms with E-state index in [4.69, 9.17) is 9.47 Å². The molecule has 0 saturated carbocycles. The summed E-state index contributed by atoms with van der Waals surface area (Å²) in [6.07, 6.45) is 1.19. The highest BCUT2D eigenvalue weighted by Gasteiger charge is 2.37. The molecule has 1 aromatic rings. The van der Waals surface area contributed by atoms with Gasteiger partial charge in [0.2, 0.25) is 5.91 Å². The minimum Gasteiger partial charge on any atom is -0.483 e. The average molecular weight is 261 g/mol. The molecule has 4 heteroatoms. The Labute approximate surface area is 113 Å². The Morgan fingerprint density at radius 3 is 2.37 bits per heavy atom. The van der Waals surface area contributed by atoms with Crippen LogP contribution in [0.2, 0.25) is 0 Å². The van der Waals surface area contributed by atoms with Gasteiger partial charge in [-0.1, -0.05) is 6.07 Å². The van der Waals surface area contributed by atoms with Gasteiger partial charge < -0.3 is 14.8 Å². The Morgan fingerprint density at radius 2 is 1.63 bits per heavy atom. The molecule has 2 aliphatic rings. The first-order valence-corrected chi connectivity index (χ1v) is 6.60. The highest BCUT2D eigenvalue weighted by molar-refractivity contribution is 5.94. The zero-order valence-electron chi connectivity index (χ0n) is 11.8. The fraction of sp³-hybridized carbons (Fsp3) is 0.533. The van der Waals surface area contributed by atoms with E-state index < -0.39 is 5.60 Å². The third-order valence-corrected chi connectivity index (χ3v) is 3.43. The maximum atomic E-state index is 11.9. The van der Waals surface area contributed by atoms with Crippen LogP contribution in [0, 0.1) is 0 Å². The molecule has 0 aliphatic carbocycles. The quantitative estimate of drug-likeness (QED) is 0.781. The summed E-state index contributed by atoms with van der Waals surface area (Å²) in [6, 6.07) is 3.91. The molecule has 0 aromatic heterocycles. The van der Waals surface area contributed by atoms with Crippen molar-refractivity contribution in [1.82, 2.24) is 0 Å². The summed E-state index contributed by atoms with van der Waals surface area (Å²) in [4.78, 5) is 11.9. The number of anilines is 1. The van der Waals surface area contributed by atoms with Gasteiger partial charge in [-0.3, -0.25) is 4.79 Å². The van der Waals surface area contributed by atoms with E-state index >= 15 is 0 Å². The van der Waals surface area contributed by atoms with E-state index in [-0.39, 0.29) is 11.5 Å². The first-order chi connectivity index (χ1) is 8.76. The molecule has 0 unspecified atom stereocenters. The molecule has 0 radical (unpaired) electrons. The van der Waals surface area contributed by atoms with Crippen LogP contribution in [0.15, 0.2) is 12.1 Å². The number of carbonyl (C=O) groups excluding carboxylic acids is 1. The molecule has 2 aliphatic heterocycles. The fourth-order valence-electron chi connectivity index (χ4n) is 2.72. The topological polar surface area (TPSA) is 47.6 Å². The summed E-state index contributed by atoms with van der Waals surface area (Å²) in [5, 5.41) is 2.89. The molecule has 4 nitrogen and oxygen atoms in total. The summed E-state index contributed by atoms with van der Waals surface area (Å²) in [5.41, 5.74) is 1.09. The lowest BCUT2D eigenvalue weighted by atomic mass is 10.0. The normalized spacial score (nSPS) is 22.4. The van der Waals surface area contributed by atoms with Crippen molar-refractivity contribution in [2.24, 2.45) is 0 Å². The Balaban J connectivity index is 2.11. The number of benzene rings is 1. The van der Waals surface area contributed by atoms with Crippen molar-refractivity contribution in [3.8, 4) is 11.5 Å². The number of hydrogen-bond donors (Lipinski definition) is 1. The number of rotatable bonds is 0. The Morgan fingerprint density at radius 1 is 1.00 bits per heavy atom. The predicted molar refractivity (Wildman–Crippen MR) is 72.8 cm³/mol. The first kappa shape index (κ1) is 12.3. The molecule has 0 fully saturated rings. The summed E-state index contributed by atoms with van der Waals surface area (Å²) in [7, 11) is 0. The van der Waals surface area contributed by atoms with Crippen LogP contribution in [-0.4, -0.2) is 17.1 Å². The highest BCUT2D eigenvalue weighted by Crippen LogP contribution is 2.48. The third-order valence-electron chi connectivity index (χ3n) is 3.43. The van der Waals surface area contributed by atoms with E-state index in [1.807, 2.05) is 26.0 Å². The average Bonchev–Trinajstić information content (AvgIpc) is 2.48. The van der Waals surface area contributed by atoms with Crippen LogP contribution >= 0.6 is 0 Å². The van der Waals surface area contributed by atoms with Gasteiger partial charge in [0.15, 0.2) is 11.5 Å². The van der Waals surface area contributed by atoms with Crippen molar-refractivity contribution in [1.29, 1.82) is 0 Å². The Hall–Kier alpha value is -1.71. The maximum absolute atomic E-state index is 11.9. The number of carbonyl (C=O) groups is 1. The van der Waals surface area contributed by atoms with Gasteiger partial charge in [-0.15, -0.1) is 0 Å². The second kappa shape index (κ2) is 3.65. The van der Waals surface area contributed by atoms with Gasteiger partial charge in [0.05, 0.1) is 12.1 Å². The lowest BCUT2D eigenvalue weighted by molar-refractivity contribution is -0.118. The Bertz CT molecular complexity index is 561. The number of ether oxygens (including phenoxy) is 2. The minimum atomic E-state index is -0.527. The lowest BCUT2D eigenvalue weighted by Gasteiger charge is -2.25. The molecule has 1 N–H and O–H groups in total. The van der Waals surface area contributed by atoms with E-state index in [1.54, 1.807) is 0 Å². The standard InChI is InChI=1S/C15H19NO3/c1-14(2)7-9-5-6-10-13(12(9)18-14)19-15(3,4)8-11(17)16-10/h5-6H,7-8H2,1-4H3,(H,16,17). The van der Waals surface area contributed by atoms with Gasteiger partial charge in [-0.2, -0.15) is 0 Å². The van der Waals surface area contributed by atoms with Crippen molar-refractivity contribution in [3.63, 3.8) is 0 Å². The molecule has 1 aromatic carbocycles. The lowest BCUT2D eigenvalue weighted by Crippen LogP contribution is -2.31. The summed E-state index contributed by atoms with van der Waals surface area (Å²) < 4.78 is 12.0. The van der Waals surface area contributed by atoms with E-state index in [1.165, 1.54) is 0 Å². The molecular weight excluding hydrogens is 242 g/mol. The predicted octanol–water partition coefficient (Wildman–Crippen LogP) is 2.90. The van der Waals surface area contributed by atoms with E-state index in [2.05, 4.69) is 19.2 Å². The molecular formula is C15H19NO3. The van der Waals surface area contributed by atoms with Crippen molar-refractivity contribution >= 4 is 11.6 Å². The summed E-state index contributed by atoms with van der Waals surface area (Å²) in [5.74, 6) is 1.41. The molecule has 1 amide bonds.